The maximum absolute atomic E-state index is 6.23. The first-order valence-corrected chi connectivity index (χ1v) is 7.31. The first-order valence-electron chi connectivity index (χ1n) is 6.51. The maximum atomic E-state index is 6.23. The Morgan fingerprint density at radius 3 is 3.00 bits per heavy atom. The van der Waals surface area contributed by atoms with E-state index in [1.165, 1.54) is 0 Å². The second-order valence-electron chi connectivity index (χ2n) is 4.62. The highest BCUT2D eigenvalue weighted by atomic mass is 79.9. The zero-order chi connectivity index (χ0) is 13.0. The van der Waals surface area contributed by atoms with Gasteiger partial charge in [0.2, 0.25) is 0 Å². The van der Waals surface area contributed by atoms with E-state index in [1.807, 2.05) is 18.2 Å². The van der Waals surface area contributed by atoms with Gasteiger partial charge in [0.1, 0.15) is 5.75 Å². The van der Waals surface area contributed by atoms with Crippen molar-refractivity contribution in [2.24, 2.45) is 5.73 Å². The molecule has 0 spiro atoms. The number of nitrogens with two attached hydrogens (primary N) is 1. The predicted octanol–water partition coefficient (Wildman–Crippen LogP) is 3.42. The normalized spacial score (nSPS) is 20.9. The third-order valence-corrected chi connectivity index (χ3v) is 3.79. The Kier molecular flexibility index (Phi) is 5.03. The van der Waals surface area contributed by atoms with Crippen molar-refractivity contribution in [2.45, 2.75) is 38.3 Å². The molecule has 1 aromatic rings. The number of ether oxygens (including phenoxy) is 2. The lowest BCUT2D eigenvalue weighted by atomic mass is 10.0. The smallest absolute Gasteiger partial charge is 0.133 e. The van der Waals surface area contributed by atoms with Crippen LogP contribution in [-0.2, 0) is 4.74 Å². The van der Waals surface area contributed by atoms with Gasteiger partial charge >= 0.3 is 0 Å². The van der Waals surface area contributed by atoms with Crippen LogP contribution in [0.5, 0.6) is 5.75 Å². The van der Waals surface area contributed by atoms with Crippen molar-refractivity contribution in [3.8, 4) is 5.75 Å². The lowest BCUT2D eigenvalue weighted by molar-refractivity contribution is 0.0900. The van der Waals surface area contributed by atoms with Crippen molar-refractivity contribution in [1.29, 1.82) is 0 Å². The summed E-state index contributed by atoms with van der Waals surface area (Å²) in [6.07, 6.45) is 3.31. The molecule has 18 heavy (non-hydrogen) atoms. The fourth-order valence-electron chi connectivity index (χ4n) is 2.15. The molecule has 0 aliphatic carbocycles. The zero-order valence-electron chi connectivity index (χ0n) is 10.7. The second-order valence-corrected chi connectivity index (χ2v) is 5.47. The highest BCUT2D eigenvalue weighted by Crippen LogP contribution is 2.31. The van der Waals surface area contributed by atoms with Gasteiger partial charge in [-0.3, -0.25) is 0 Å². The summed E-state index contributed by atoms with van der Waals surface area (Å²) in [5, 5.41) is 0. The third-order valence-electron chi connectivity index (χ3n) is 3.17. The summed E-state index contributed by atoms with van der Waals surface area (Å²) >= 11 is 3.53. The van der Waals surface area contributed by atoms with E-state index in [4.69, 9.17) is 15.2 Å². The molecule has 2 N–H and O–H groups in total. The molecule has 1 fully saturated rings. The number of hydrogen-bond donors (Lipinski definition) is 1. The molecule has 0 bridgehead atoms. The van der Waals surface area contributed by atoms with E-state index in [2.05, 4.69) is 22.9 Å². The van der Waals surface area contributed by atoms with E-state index < -0.39 is 0 Å². The molecule has 1 saturated heterocycles. The Labute approximate surface area is 117 Å². The van der Waals surface area contributed by atoms with Crippen LogP contribution >= 0.6 is 15.9 Å². The molecule has 0 radical (unpaired) electrons. The summed E-state index contributed by atoms with van der Waals surface area (Å²) in [7, 11) is 0. The Morgan fingerprint density at radius 2 is 2.39 bits per heavy atom. The second kappa shape index (κ2) is 6.55. The summed E-state index contributed by atoms with van der Waals surface area (Å²) < 4.78 is 12.2. The van der Waals surface area contributed by atoms with Crippen LogP contribution < -0.4 is 10.5 Å². The van der Waals surface area contributed by atoms with Crippen LogP contribution in [0.1, 0.15) is 37.8 Å². The van der Waals surface area contributed by atoms with E-state index in [1.54, 1.807) is 0 Å². The van der Waals surface area contributed by atoms with Crippen molar-refractivity contribution in [2.75, 3.05) is 13.2 Å². The van der Waals surface area contributed by atoms with Crippen LogP contribution in [0.25, 0.3) is 0 Å². The molecular formula is C14H20BrNO2. The Hall–Kier alpha value is -0.580. The van der Waals surface area contributed by atoms with Gasteiger partial charge in [-0.15, -0.1) is 0 Å². The molecule has 0 amide bonds. The van der Waals surface area contributed by atoms with E-state index in [0.717, 1.165) is 48.3 Å². The molecule has 2 rings (SSSR count). The Bertz CT molecular complexity index is 391. The molecule has 2 atom stereocenters. The van der Waals surface area contributed by atoms with E-state index in [-0.39, 0.29) is 12.1 Å². The molecule has 3 nitrogen and oxygen atoms in total. The van der Waals surface area contributed by atoms with Crippen LogP contribution in [0.3, 0.4) is 0 Å². The Morgan fingerprint density at radius 1 is 1.56 bits per heavy atom. The van der Waals surface area contributed by atoms with Gasteiger partial charge in [0, 0.05) is 6.61 Å². The molecule has 2 unspecified atom stereocenters. The van der Waals surface area contributed by atoms with Crippen LogP contribution in [0.2, 0.25) is 0 Å². The van der Waals surface area contributed by atoms with Crippen LogP contribution in [0.4, 0.5) is 0 Å². The van der Waals surface area contributed by atoms with Crippen molar-refractivity contribution in [1.82, 2.24) is 0 Å². The minimum Gasteiger partial charge on any atom is -0.492 e. The largest absolute Gasteiger partial charge is 0.492 e. The summed E-state index contributed by atoms with van der Waals surface area (Å²) in [5.41, 5.74) is 7.33. The van der Waals surface area contributed by atoms with Gasteiger partial charge in [-0.25, -0.2) is 0 Å². The van der Waals surface area contributed by atoms with Gasteiger partial charge in [0.15, 0.2) is 0 Å². The highest BCUT2D eigenvalue weighted by Gasteiger charge is 2.24. The van der Waals surface area contributed by atoms with Gasteiger partial charge in [-0.2, -0.15) is 0 Å². The molecule has 1 aliphatic rings. The topological polar surface area (TPSA) is 44.5 Å². The minimum absolute atomic E-state index is 0.0518. The number of rotatable bonds is 5. The summed E-state index contributed by atoms with van der Waals surface area (Å²) in [6.45, 7) is 3.66. The number of hydrogen-bond acceptors (Lipinski definition) is 3. The average molecular weight is 314 g/mol. The molecule has 1 heterocycles. The third kappa shape index (κ3) is 3.25. The van der Waals surface area contributed by atoms with Gasteiger partial charge < -0.3 is 15.2 Å². The summed E-state index contributed by atoms with van der Waals surface area (Å²) in [5.74, 6) is 0.875. The van der Waals surface area contributed by atoms with Gasteiger partial charge in [0.05, 0.1) is 23.2 Å². The first kappa shape index (κ1) is 13.8. The SMILES string of the molecule is CCCOc1ccc(C(N)C2CCCO2)cc1Br. The van der Waals surface area contributed by atoms with Crippen LogP contribution in [0.15, 0.2) is 22.7 Å². The van der Waals surface area contributed by atoms with Crippen LogP contribution in [0, 0.1) is 0 Å². The number of benzene rings is 1. The van der Waals surface area contributed by atoms with Gasteiger partial charge in [-0.05, 0) is 52.9 Å². The Balaban J connectivity index is 2.07. The van der Waals surface area contributed by atoms with Gasteiger partial charge in [0.25, 0.3) is 0 Å². The van der Waals surface area contributed by atoms with E-state index in [0.29, 0.717) is 0 Å². The van der Waals surface area contributed by atoms with Crippen molar-refractivity contribution in [3.05, 3.63) is 28.2 Å². The quantitative estimate of drug-likeness (QED) is 0.906. The minimum atomic E-state index is -0.0518. The lowest BCUT2D eigenvalue weighted by Gasteiger charge is -2.19. The van der Waals surface area contributed by atoms with Crippen molar-refractivity contribution in [3.63, 3.8) is 0 Å². The van der Waals surface area contributed by atoms with Crippen molar-refractivity contribution >= 4 is 15.9 Å². The fraction of sp³-hybridized carbons (Fsp3) is 0.571. The van der Waals surface area contributed by atoms with Crippen LogP contribution in [-0.4, -0.2) is 19.3 Å². The molecule has 4 heteroatoms. The summed E-state index contributed by atoms with van der Waals surface area (Å²) in [6, 6.07) is 5.99. The van der Waals surface area contributed by atoms with E-state index >= 15 is 0 Å². The summed E-state index contributed by atoms with van der Waals surface area (Å²) in [4.78, 5) is 0. The molecule has 0 saturated carbocycles. The first-order chi connectivity index (χ1) is 8.72. The fourth-order valence-corrected chi connectivity index (χ4v) is 2.66. The molecular weight excluding hydrogens is 294 g/mol. The van der Waals surface area contributed by atoms with Crippen molar-refractivity contribution < 1.29 is 9.47 Å². The predicted molar refractivity (Wildman–Crippen MR) is 75.8 cm³/mol. The number of halogens is 1. The average Bonchev–Trinajstić information content (AvgIpc) is 2.90. The standard InChI is InChI=1S/C14H20BrNO2/c1-2-7-17-12-6-5-10(9-11(12)15)14(16)13-4-3-8-18-13/h5-6,9,13-14H,2-4,7-8,16H2,1H3. The maximum Gasteiger partial charge on any atom is 0.133 e. The lowest BCUT2D eigenvalue weighted by Crippen LogP contribution is -2.25. The zero-order valence-corrected chi connectivity index (χ0v) is 12.3. The highest BCUT2D eigenvalue weighted by molar-refractivity contribution is 9.10. The molecule has 0 aromatic heterocycles. The molecule has 1 aromatic carbocycles. The van der Waals surface area contributed by atoms with E-state index in [9.17, 15) is 0 Å². The van der Waals surface area contributed by atoms with Gasteiger partial charge in [-0.1, -0.05) is 13.0 Å². The molecule has 100 valence electrons. The monoisotopic (exact) mass is 313 g/mol. The molecule has 1 aliphatic heterocycles.